The fourth-order valence-corrected chi connectivity index (χ4v) is 2.45. The van der Waals surface area contributed by atoms with Gasteiger partial charge in [0.25, 0.3) is 0 Å². The predicted octanol–water partition coefficient (Wildman–Crippen LogP) is 1.43. The van der Waals surface area contributed by atoms with Crippen LogP contribution in [0.15, 0.2) is 42.5 Å². The van der Waals surface area contributed by atoms with Crippen molar-refractivity contribution in [2.24, 2.45) is 0 Å². The van der Waals surface area contributed by atoms with E-state index in [1.807, 2.05) is 11.0 Å². The van der Waals surface area contributed by atoms with Crippen LogP contribution in [0, 0.1) is 0 Å². The smallest absolute Gasteiger partial charge is 0.335 e. The summed E-state index contributed by atoms with van der Waals surface area (Å²) in [5, 5.41) is 27.4. The Labute approximate surface area is 134 Å². The molecule has 0 fully saturated rings. The van der Waals surface area contributed by atoms with Gasteiger partial charge in [0.2, 0.25) is 0 Å². The maximum absolute atomic E-state index is 11.0. The van der Waals surface area contributed by atoms with E-state index in [0.29, 0.717) is 18.8 Å². The van der Waals surface area contributed by atoms with Crippen LogP contribution in [0.5, 0.6) is 0 Å². The molecule has 0 amide bonds. The van der Waals surface area contributed by atoms with E-state index in [2.05, 4.69) is 0 Å². The number of carbonyl (C=O) groups is 1. The van der Waals surface area contributed by atoms with E-state index >= 15 is 0 Å². The molecule has 0 saturated heterocycles. The molecule has 0 unspecified atom stereocenters. The quantitative estimate of drug-likeness (QED) is 0.576. The molecular weight excluding hydrogens is 296 g/mol. The van der Waals surface area contributed by atoms with Crippen molar-refractivity contribution in [2.45, 2.75) is 0 Å². The van der Waals surface area contributed by atoms with Crippen LogP contribution in [0.1, 0.15) is 10.4 Å². The lowest BCUT2D eigenvalue weighted by atomic mass is 10.0. The second kappa shape index (κ2) is 7.62. The van der Waals surface area contributed by atoms with Gasteiger partial charge >= 0.3 is 5.97 Å². The molecule has 0 atom stereocenters. The minimum Gasteiger partial charge on any atom is -0.478 e. The van der Waals surface area contributed by atoms with E-state index in [9.17, 15) is 15.0 Å². The van der Waals surface area contributed by atoms with Crippen LogP contribution in [0.4, 0.5) is 11.4 Å². The summed E-state index contributed by atoms with van der Waals surface area (Å²) in [5.41, 5.74) is 9.14. The first-order valence-corrected chi connectivity index (χ1v) is 7.26. The zero-order valence-electron chi connectivity index (χ0n) is 12.6. The summed E-state index contributed by atoms with van der Waals surface area (Å²) in [5.74, 6) is -0.980. The topological polar surface area (TPSA) is 107 Å². The number of nitrogens with two attached hydrogens (primary N) is 1. The summed E-state index contributed by atoms with van der Waals surface area (Å²) in [6, 6.07) is 11.9. The van der Waals surface area contributed by atoms with Gasteiger partial charge in [-0.25, -0.2) is 4.79 Å². The molecule has 0 bridgehead atoms. The summed E-state index contributed by atoms with van der Waals surface area (Å²) in [6.07, 6.45) is 0. The third-order valence-corrected chi connectivity index (χ3v) is 3.54. The molecule has 23 heavy (non-hydrogen) atoms. The number of hydrogen-bond donors (Lipinski definition) is 4. The Morgan fingerprint density at radius 1 is 1.00 bits per heavy atom. The average molecular weight is 316 g/mol. The summed E-state index contributed by atoms with van der Waals surface area (Å²) in [7, 11) is 0. The number of carboxylic acid groups (broad SMARTS) is 1. The van der Waals surface area contributed by atoms with Crippen LogP contribution in [-0.4, -0.2) is 47.6 Å². The van der Waals surface area contributed by atoms with Crippen LogP contribution < -0.4 is 10.6 Å². The molecule has 122 valence electrons. The Kier molecular flexibility index (Phi) is 5.56. The number of nitrogens with zero attached hydrogens (tertiary/aromatic N) is 1. The van der Waals surface area contributed by atoms with Gasteiger partial charge in [-0.15, -0.1) is 0 Å². The maximum atomic E-state index is 11.0. The van der Waals surface area contributed by atoms with Crippen molar-refractivity contribution < 1.29 is 20.1 Å². The first kappa shape index (κ1) is 16.8. The summed E-state index contributed by atoms with van der Waals surface area (Å²) in [4.78, 5) is 12.8. The Morgan fingerprint density at radius 3 is 2.13 bits per heavy atom. The van der Waals surface area contributed by atoms with Crippen molar-refractivity contribution in [1.29, 1.82) is 0 Å². The molecule has 2 aromatic rings. The van der Waals surface area contributed by atoms with Gasteiger partial charge in [-0.3, -0.25) is 0 Å². The van der Waals surface area contributed by atoms with E-state index in [1.165, 1.54) is 12.1 Å². The number of anilines is 2. The summed E-state index contributed by atoms with van der Waals surface area (Å²) in [6.45, 7) is 0.679. The molecule has 0 aliphatic rings. The van der Waals surface area contributed by atoms with E-state index in [0.717, 1.165) is 16.8 Å². The monoisotopic (exact) mass is 316 g/mol. The number of benzene rings is 2. The van der Waals surface area contributed by atoms with Gasteiger partial charge in [0.1, 0.15) is 0 Å². The van der Waals surface area contributed by atoms with Gasteiger partial charge in [-0.2, -0.15) is 0 Å². The molecule has 5 N–H and O–H groups in total. The second-order valence-corrected chi connectivity index (χ2v) is 5.09. The van der Waals surface area contributed by atoms with E-state index in [4.69, 9.17) is 10.8 Å². The molecule has 2 aromatic carbocycles. The van der Waals surface area contributed by atoms with Crippen molar-refractivity contribution in [3.05, 3.63) is 48.0 Å². The minimum atomic E-state index is -0.980. The van der Waals surface area contributed by atoms with Gasteiger partial charge in [-0.1, -0.05) is 12.1 Å². The van der Waals surface area contributed by atoms with Crippen molar-refractivity contribution in [3.63, 3.8) is 0 Å². The zero-order chi connectivity index (χ0) is 16.8. The van der Waals surface area contributed by atoms with E-state index in [1.54, 1.807) is 24.3 Å². The van der Waals surface area contributed by atoms with Gasteiger partial charge in [-0.05, 0) is 35.9 Å². The third-order valence-electron chi connectivity index (χ3n) is 3.54. The second-order valence-electron chi connectivity index (χ2n) is 5.09. The van der Waals surface area contributed by atoms with Gasteiger partial charge < -0.3 is 26.0 Å². The normalized spacial score (nSPS) is 10.5. The highest BCUT2D eigenvalue weighted by Crippen LogP contribution is 2.33. The third kappa shape index (κ3) is 4.00. The minimum absolute atomic E-state index is 0.0399. The fraction of sp³-hybridized carbons (Fsp3) is 0.235. The molecule has 0 aliphatic carbocycles. The Balaban J connectivity index is 2.47. The van der Waals surface area contributed by atoms with Crippen LogP contribution >= 0.6 is 0 Å². The SMILES string of the molecule is Nc1ccc(N(CCO)CCO)c(-c2ccc(C(=O)O)cc2)c1. The number of aromatic carboxylic acids is 1. The number of aliphatic hydroxyl groups is 2. The van der Waals surface area contributed by atoms with Crippen LogP contribution in [0.3, 0.4) is 0 Å². The number of carboxylic acids is 1. The van der Waals surface area contributed by atoms with Crippen molar-refractivity contribution >= 4 is 17.3 Å². The number of aliphatic hydroxyl groups excluding tert-OH is 2. The van der Waals surface area contributed by atoms with Gasteiger partial charge in [0.15, 0.2) is 0 Å². The standard InChI is InChI=1S/C17H20N2O4/c18-14-5-6-16(19(7-9-20)8-10-21)15(11-14)12-1-3-13(4-2-12)17(22)23/h1-6,11,20-21H,7-10,18H2,(H,22,23). The maximum Gasteiger partial charge on any atom is 0.335 e. The van der Waals surface area contributed by atoms with Crippen LogP contribution in [-0.2, 0) is 0 Å². The largest absolute Gasteiger partial charge is 0.478 e. The molecule has 0 aromatic heterocycles. The Hall–Kier alpha value is -2.57. The first-order valence-electron chi connectivity index (χ1n) is 7.26. The van der Waals surface area contributed by atoms with Gasteiger partial charge in [0, 0.05) is 30.0 Å². The summed E-state index contributed by atoms with van der Waals surface area (Å²) >= 11 is 0. The predicted molar refractivity (Wildman–Crippen MR) is 89.6 cm³/mol. The highest BCUT2D eigenvalue weighted by Gasteiger charge is 2.13. The lowest BCUT2D eigenvalue weighted by Crippen LogP contribution is -2.30. The zero-order valence-corrected chi connectivity index (χ0v) is 12.6. The molecule has 0 radical (unpaired) electrons. The lowest BCUT2D eigenvalue weighted by Gasteiger charge is -2.26. The van der Waals surface area contributed by atoms with Crippen molar-refractivity contribution in [2.75, 3.05) is 36.9 Å². The van der Waals surface area contributed by atoms with E-state index in [-0.39, 0.29) is 18.8 Å². The average Bonchev–Trinajstić information content (AvgIpc) is 2.55. The highest BCUT2D eigenvalue weighted by atomic mass is 16.4. The Morgan fingerprint density at radius 2 is 1.61 bits per heavy atom. The number of nitrogen functional groups attached to an aromatic ring is 1. The molecule has 0 aliphatic heterocycles. The summed E-state index contributed by atoms with van der Waals surface area (Å²) < 4.78 is 0. The molecule has 6 nitrogen and oxygen atoms in total. The number of hydrogen-bond acceptors (Lipinski definition) is 5. The first-order chi connectivity index (χ1) is 11.1. The highest BCUT2D eigenvalue weighted by molar-refractivity contribution is 5.89. The molecule has 0 spiro atoms. The lowest BCUT2D eigenvalue weighted by molar-refractivity contribution is 0.0697. The van der Waals surface area contributed by atoms with Crippen molar-refractivity contribution in [1.82, 2.24) is 0 Å². The number of rotatable bonds is 7. The molecule has 0 saturated carbocycles. The molecule has 2 rings (SSSR count). The molecule has 0 heterocycles. The van der Waals surface area contributed by atoms with Crippen LogP contribution in [0.2, 0.25) is 0 Å². The molecule has 6 heteroatoms. The molecular formula is C17H20N2O4. The van der Waals surface area contributed by atoms with Crippen molar-refractivity contribution in [3.8, 4) is 11.1 Å². The van der Waals surface area contributed by atoms with E-state index < -0.39 is 5.97 Å². The fourth-order valence-electron chi connectivity index (χ4n) is 2.45. The van der Waals surface area contributed by atoms with Crippen LogP contribution in [0.25, 0.3) is 11.1 Å². The van der Waals surface area contributed by atoms with Gasteiger partial charge in [0.05, 0.1) is 18.8 Å². The Bertz CT molecular complexity index is 665.